The van der Waals surface area contributed by atoms with Gasteiger partial charge in [-0.15, -0.1) is 0 Å². The predicted octanol–water partition coefficient (Wildman–Crippen LogP) is 3.54. The summed E-state index contributed by atoms with van der Waals surface area (Å²) in [4.78, 5) is 17.3. The Kier molecular flexibility index (Phi) is 4.87. The van der Waals surface area contributed by atoms with Crippen LogP contribution in [0.3, 0.4) is 0 Å². The highest BCUT2D eigenvalue weighted by atomic mass is 32.1. The van der Waals surface area contributed by atoms with Crippen molar-refractivity contribution >= 4 is 27.5 Å². The third kappa shape index (κ3) is 3.29. The van der Waals surface area contributed by atoms with E-state index in [0.29, 0.717) is 23.5 Å². The van der Waals surface area contributed by atoms with Gasteiger partial charge in [-0.3, -0.25) is 4.79 Å². The molecule has 0 unspecified atom stereocenters. The van der Waals surface area contributed by atoms with E-state index >= 15 is 0 Å². The largest absolute Gasteiger partial charge is 0.383 e. The highest BCUT2D eigenvalue weighted by molar-refractivity contribution is 7.16. The fourth-order valence-electron chi connectivity index (χ4n) is 2.53. The Morgan fingerprint density at radius 1 is 1.25 bits per heavy atom. The monoisotopic (exact) mass is 344 g/mol. The molecule has 0 spiro atoms. The average molecular weight is 344 g/mol. The predicted molar refractivity (Wildman–Crippen MR) is 92.7 cm³/mol. The molecule has 0 atom stereocenters. The molecule has 24 heavy (non-hydrogen) atoms. The molecule has 1 heterocycles. The van der Waals surface area contributed by atoms with E-state index in [9.17, 15) is 9.18 Å². The molecule has 4 nitrogen and oxygen atoms in total. The van der Waals surface area contributed by atoms with E-state index in [-0.39, 0.29) is 11.7 Å². The third-order valence-corrected chi connectivity index (χ3v) is 4.75. The quantitative estimate of drug-likeness (QED) is 0.727. The summed E-state index contributed by atoms with van der Waals surface area (Å²) in [5.74, 6) is -0.760. The van der Waals surface area contributed by atoms with Gasteiger partial charge in [-0.25, -0.2) is 4.39 Å². The van der Waals surface area contributed by atoms with Crippen LogP contribution in [0, 0.1) is 12.7 Å². The lowest BCUT2D eigenvalue weighted by molar-refractivity contribution is 0.0997. The molecule has 0 N–H and O–H groups in total. The molecule has 0 bridgehead atoms. The number of aromatic nitrogens is 1. The van der Waals surface area contributed by atoms with Crippen LogP contribution in [-0.2, 0) is 11.3 Å². The molecular formula is C18H17FN2O2S. The van der Waals surface area contributed by atoms with Gasteiger partial charge in [0.15, 0.2) is 4.80 Å². The van der Waals surface area contributed by atoms with Gasteiger partial charge in [0.05, 0.1) is 16.8 Å². The number of halogens is 1. The summed E-state index contributed by atoms with van der Waals surface area (Å²) >= 11 is 1.46. The van der Waals surface area contributed by atoms with Crippen LogP contribution in [0.1, 0.15) is 15.9 Å². The van der Waals surface area contributed by atoms with Crippen molar-refractivity contribution in [3.8, 4) is 0 Å². The topological polar surface area (TPSA) is 43.6 Å². The second-order valence-electron chi connectivity index (χ2n) is 5.37. The summed E-state index contributed by atoms with van der Waals surface area (Å²) < 4.78 is 21.3. The number of hydrogen-bond acceptors (Lipinski definition) is 3. The van der Waals surface area contributed by atoms with Crippen LogP contribution in [0.15, 0.2) is 47.5 Å². The summed E-state index contributed by atoms with van der Waals surface area (Å²) in [5.41, 5.74) is 2.55. The molecule has 6 heteroatoms. The van der Waals surface area contributed by atoms with Crippen molar-refractivity contribution in [3.63, 3.8) is 0 Å². The number of ether oxygens (including phenoxy) is 1. The Hall–Kier alpha value is -2.31. The van der Waals surface area contributed by atoms with Gasteiger partial charge in [0.2, 0.25) is 0 Å². The van der Waals surface area contributed by atoms with E-state index in [1.165, 1.54) is 35.6 Å². The number of aryl methyl sites for hydroxylation is 1. The highest BCUT2D eigenvalue weighted by Crippen LogP contribution is 2.21. The van der Waals surface area contributed by atoms with Crippen LogP contribution >= 0.6 is 11.3 Å². The smallest absolute Gasteiger partial charge is 0.279 e. The second-order valence-corrected chi connectivity index (χ2v) is 6.38. The van der Waals surface area contributed by atoms with Gasteiger partial charge in [0.25, 0.3) is 5.91 Å². The number of thiazole rings is 1. The van der Waals surface area contributed by atoms with Crippen molar-refractivity contribution in [2.75, 3.05) is 13.7 Å². The highest BCUT2D eigenvalue weighted by Gasteiger charge is 2.11. The van der Waals surface area contributed by atoms with Gasteiger partial charge < -0.3 is 9.30 Å². The van der Waals surface area contributed by atoms with Crippen molar-refractivity contribution in [1.82, 2.24) is 4.57 Å². The maximum Gasteiger partial charge on any atom is 0.279 e. The van der Waals surface area contributed by atoms with E-state index < -0.39 is 0 Å². The van der Waals surface area contributed by atoms with E-state index in [4.69, 9.17) is 4.74 Å². The summed E-state index contributed by atoms with van der Waals surface area (Å²) in [7, 11) is 1.64. The Morgan fingerprint density at radius 3 is 2.71 bits per heavy atom. The molecule has 0 aliphatic rings. The van der Waals surface area contributed by atoms with Gasteiger partial charge in [-0.05, 0) is 42.8 Å². The van der Waals surface area contributed by atoms with Crippen molar-refractivity contribution in [1.29, 1.82) is 0 Å². The number of fused-ring (bicyclic) bond motifs is 1. The number of nitrogens with zero attached hydrogens (tertiary/aromatic N) is 2. The summed E-state index contributed by atoms with van der Waals surface area (Å²) in [6, 6.07) is 11.4. The molecule has 3 aromatic rings. The van der Waals surface area contributed by atoms with Crippen LogP contribution in [0.2, 0.25) is 0 Å². The Morgan fingerprint density at radius 2 is 2.00 bits per heavy atom. The fraction of sp³-hybridized carbons (Fsp3) is 0.222. The second kappa shape index (κ2) is 7.07. The normalized spacial score (nSPS) is 12.0. The standard InChI is InChI=1S/C18H17FN2O2S/c1-12-4-3-5-15-16(12)21(10-11-23-2)18(24-15)20-17(22)13-6-8-14(19)9-7-13/h3-9H,10-11H2,1-2H3. The number of rotatable bonds is 4. The van der Waals surface area contributed by atoms with Crippen molar-refractivity contribution in [3.05, 3.63) is 64.2 Å². The van der Waals surface area contributed by atoms with Crippen molar-refractivity contribution in [2.45, 2.75) is 13.5 Å². The molecule has 3 rings (SSSR count). The van der Waals surface area contributed by atoms with E-state index in [2.05, 4.69) is 4.99 Å². The molecule has 0 saturated heterocycles. The van der Waals surface area contributed by atoms with Gasteiger partial charge >= 0.3 is 0 Å². The van der Waals surface area contributed by atoms with E-state index in [1.807, 2.05) is 29.7 Å². The SMILES string of the molecule is COCCn1c(=NC(=O)c2ccc(F)cc2)sc2cccc(C)c21. The number of para-hydroxylation sites is 1. The molecule has 0 aliphatic carbocycles. The minimum atomic E-state index is -0.384. The first-order valence-corrected chi connectivity index (χ1v) is 8.34. The maximum atomic E-state index is 13.0. The lowest BCUT2D eigenvalue weighted by atomic mass is 10.2. The van der Waals surface area contributed by atoms with Crippen LogP contribution in [-0.4, -0.2) is 24.2 Å². The van der Waals surface area contributed by atoms with Crippen molar-refractivity contribution in [2.24, 2.45) is 4.99 Å². The third-order valence-electron chi connectivity index (χ3n) is 3.71. The summed E-state index contributed by atoms with van der Waals surface area (Å²) in [6.45, 7) is 3.17. The minimum Gasteiger partial charge on any atom is -0.383 e. The van der Waals surface area contributed by atoms with Gasteiger partial charge in [-0.1, -0.05) is 23.5 Å². The first-order chi connectivity index (χ1) is 11.6. The molecular weight excluding hydrogens is 327 g/mol. The summed E-state index contributed by atoms with van der Waals surface area (Å²) in [6.07, 6.45) is 0. The van der Waals surface area contributed by atoms with Gasteiger partial charge in [0.1, 0.15) is 5.82 Å². The first kappa shape index (κ1) is 16.5. The van der Waals surface area contributed by atoms with Gasteiger partial charge in [-0.2, -0.15) is 4.99 Å². The number of amides is 1. The molecule has 0 radical (unpaired) electrons. The lowest BCUT2D eigenvalue weighted by Gasteiger charge is -2.06. The molecule has 2 aromatic carbocycles. The van der Waals surface area contributed by atoms with Gasteiger partial charge in [0, 0.05) is 19.2 Å². The average Bonchev–Trinajstić information content (AvgIpc) is 2.92. The molecule has 1 aromatic heterocycles. The molecule has 124 valence electrons. The van der Waals surface area contributed by atoms with Crippen LogP contribution in [0.5, 0.6) is 0 Å². The fourth-order valence-corrected chi connectivity index (χ4v) is 3.66. The number of methoxy groups -OCH3 is 1. The zero-order valence-corrected chi connectivity index (χ0v) is 14.3. The van der Waals surface area contributed by atoms with Crippen LogP contribution in [0.4, 0.5) is 4.39 Å². The number of benzene rings is 2. The Bertz CT molecular complexity index is 942. The first-order valence-electron chi connectivity index (χ1n) is 7.52. The van der Waals surface area contributed by atoms with E-state index in [0.717, 1.165) is 15.8 Å². The van der Waals surface area contributed by atoms with Crippen LogP contribution < -0.4 is 4.80 Å². The lowest BCUT2D eigenvalue weighted by Crippen LogP contribution is -2.19. The molecule has 0 fully saturated rings. The maximum absolute atomic E-state index is 13.0. The molecule has 0 aliphatic heterocycles. The Labute approximate surface area is 142 Å². The number of hydrogen-bond donors (Lipinski definition) is 0. The zero-order valence-electron chi connectivity index (χ0n) is 13.5. The zero-order chi connectivity index (χ0) is 17.1. The molecule has 1 amide bonds. The van der Waals surface area contributed by atoms with E-state index in [1.54, 1.807) is 7.11 Å². The minimum absolute atomic E-state index is 0.365. The number of carbonyl (C=O) groups excluding carboxylic acids is 1. The Balaban J connectivity index is 2.12. The van der Waals surface area contributed by atoms with Crippen molar-refractivity contribution < 1.29 is 13.9 Å². The summed E-state index contributed by atoms with van der Waals surface area (Å²) in [5, 5.41) is 0. The number of carbonyl (C=O) groups is 1. The molecule has 0 saturated carbocycles. The van der Waals surface area contributed by atoms with Crippen LogP contribution in [0.25, 0.3) is 10.2 Å².